The number of aromatic nitrogens is 3. The summed E-state index contributed by atoms with van der Waals surface area (Å²) in [4.78, 5) is 12.9. The summed E-state index contributed by atoms with van der Waals surface area (Å²) in [5, 5.41) is 4.38. The Bertz CT molecular complexity index is 704. The molecule has 3 rings (SSSR count). The van der Waals surface area contributed by atoms with Crippen LogP contribution in [0.1, 0.15) is 11.3 Å². The second-order valence-electron chi connectivity index (χ2n) is 4.37. The van der Waals surface area contributed by atoms with Gasteiger partial charge in [0.25, 0.3) is 0 Å². The minimum absolute atomic E-state index is 0.646. The van der Waals surface area contributed by atoms with E-state index in [1.165, 1.54) is 0 Å². The number of pyridine rings is 1. The molecule has 0 saturated carbocycles. The molecule has 0 radical (unpaired) electrons. The molecule has 0 amide bonds. The molecule has 0 atom stereocenters. The van der Waals surface area contributed by atoms with Crippen molar-refractivity contribution >= 4 is 16.9 Å². The van der Waals surface area contributed by atoms with Crippen LogP contribution < -0.4 is 5.32 Å². The van der Waals surface area contributed by atoms with Crippen molar-refractivity contribution in [2.24, 2.45) is 0 Å². The summed E-state index contributed by atoms with van der Waals surface area (Å²) in [6, 6.07) is 12.1. The van der Waals surface area contributed by atoms with Gasteiger partial charge in [0, 0.05) is 30.0 Å². The van der Waals surface area contributed by atoms with Crippen LogP contribution >= 0.6 is 0 Å². The summed E-state index contributed by atoms with van der Waals surface area (Å²) >= 11 is 0. The molecule has 1 aromatic carbocycles. The van der Waals surface area contributed by atoms with E-state index in [0.29, 0.717) is 12.5 Å². The van der Waals surface area contributed by atoms with E-state index < -0.39 is 0 Å². The SMILES string of the molecule is Cc1ccnc(NCc2cccc3cccnc23)n1. The molecule has 0 aliphatic heterocycles. The number of para-hydroxylation sites is 1. The van der Waals surface area contributed by atoms with Crippen molar-refractivity contribution in [2.45, 2.75) is 13.5 Å². The Hall–Kier alpha value is -2.49. The third-order valence-electron chi connectivity index (χ3n) is 2.95. The monoisotopic (exact) mass is 250 g/mol. The Morgan fingerprint density at radius 3 is 2.79 bits per heavy atom. The van der Waals surface area contributed by atoms with Crippen LogP contribution in [-0.4, -0.2) is 15.0 Å². The van der Waals surface area contributed by atoms with E-state index >= 15 is 0 Å². The quantitative estimate of drug-likeness (QED) is 0.776. The van der Waals surface area contributed by atoms with E-state index in [9.17, 15) is 0 Å². The third-order valence-corrected chi connectivity index (χ3v) is 2.95. The van der Waals surface area contributed by atoms with Crippen molar-refractivity contribution in [3.05, 3.63) is 60.0 Å². The molecule has 0 aliphatic rings. The molecule has 0 aliphatic carbocycles. The smallest absolute Gasteiger partial charge is 0.223 e. The van der Waals surface area contributed by atoms with Crippen LogP contribution in [0.2, 0.25) is 0 Å². The van der Waals surface area contributed by atoms with Crippen LogP contribution in [0.15, 0.2) is 48.8 Å². The number of nitrogens with one attached hydrogen (secondary N) is 1. The maximum absolute atomic E-state index is 4.43. The average Bonchev–Trinajstić information content (AvgIpc) is 2.45. The number of rotatable bonds is 3. The number of aryl methyl sites for hydroxylation is 1. The van der Waals surface area contributed by atoms with Gasteiger partial charge in [-0.25, -0.2) is 9.97 Å². The Morgan fingerprint density at radius 2 is 1.89 bits per heavy atom. The van der Waals surface area contributed by atoms with E-state index in [1.807, 2.05) is 31.3 Å². The van der Waals surface area contributed by atoms with E-state index in [-0.39, 0.29) is 0 Å². The number of benzene rings is 1. The van der Waals surface area contributed by atoms with Gasteiger partial charge in [0.1, 0.15) is 0 Å². The van der Waals surface area contributed by atoms with Gasteiger partial charge in [-0.3, -0.25) is 4.98 Å². The summed E-state index contributed by atoms with van der Waals surface area (Å²) in [6.07, 6.45) is 3.57. The van der Waals surface area contributed by atoms with Crippen molar-refractivity contribution in [3.8, 4) is 0 Å². The summed E-state index contributed by atoms with van der Waals surface area (Å²) in [5.41, 5.74) is 3.11. The van der Waals surface area contributed by atoms with Crippen molar-refractivity contribution in [1.82, 2.24) is 15.0 Å². The van der Waals surface area contributed by atoms with Crippen LogP contribution in [0.3, 0.4) is 0 Å². The van der Waals surface area contributed by atoms with Gasteiger partial charge < -0.3 is 5.32 Å². The summed E-state index contributed by atoms with van der Waals surface area (Å²) in [6.45, 7) is 2.62. The van der Waals surface area contributed by atoms with E-state index in [4.69, 9.17) is 0 Å². The highest BCUT2D eigenvalue weighted by Crippen LogP contribution is 2.16. The number of hydrogen-bond donors (Lipinski definition) is 1. The Labute approximate surface area is 111 Å². The maximum atomic E-state index is 4.43. The Morgan fingerprint density at radius 1 is 1.00 bits per heavy atom. The van der Waals surface area contributed by atoms with Crippen LogP contribution in [0.4, 0.5) is 5.95 Å². The first kappa shape index (κ1) is 11.6. The zero-order valence-electron chi connectivity index (χ0n) is 10.7. The largest absolute Gasteiger partial charge is 0.350 e. The highest BCUT2D eigenvalue weighted by atomic mass is 15.1. The zero-order valence-corrected chi connectivity index (χ0v) is 10.7. The normalized spacial score (nSPS) is 10.6. The van der Waals surface area contributed by atoms with Gasteiger partial charge in [-0.15, -0.1) is 0 Å². The van der Waals surface area contributed by atoms with Crippen molar-refractivity contribution in [2.75, 3.05) is 5.32 Å². The highest BCUT2D eigenvalue weighted by Gasteiger charge is 2.02. The molecule has 2 heterocycles. The first-order valence-electron chi connectivity index (χ1n) is 6.19. The van der Waals surface area contributed by atoms with Crippen LogP contribution in [0.25, 0.3) is 10.9 Å². The van der Waals surface area contributed by atoms with Gasteiger partial charge in [-0.2, -0.15) is 0 Å². The zero-order chi connectivity index (χ0) is 13.1. The van der Waals surface area contributed by atoms with Gasteiger partial charge in [0.15, 0.2) is 0 Å². The molecule has 4 nitrogen and oxygen atoms in total. The Balaban J connectivity index is 1.86. The number of nitrogens with zero attached hydrogens (tertiary/aromatic N) is 3. The van der Waals surface area contributed by atoms with Gasteiger partial charge in [-0.05, 0) is 24.6 Å². The van der Waals surface area contributed by atoms with Crippen molar-refractivity contribution in [1.29, 1.82) is 0 Å². The molecule has 0 unspecified atom stereocenters. The minimum atomic E-state index is 0.646. The molecule has 0 saturated heterocycles. The van der Waals surface area contributed by atoms with Crippen molar-refractivity contribution in [3.63, 3.8) is 0 Å². The number of fused-ring (bicyclic) bond motifs is 1. The molecule has 0 fully saturated rings. The standard InChI is InChI=1S/C15H14N4/c1-11-7-9-17-15(19-11)18-10-13-5-2-4-12-6-3-8-16-14(12)13/h2-9H,10H2,1H3,(H,17,18,19). The van der Waals surface area contributed by atoms with E-state index in [2.05, 4.69) is 38.5 Å². The molecule has 3 aromatic rings. The second-order valence-corrected chi connectivity index (χ2v) is 4.37. The van der Waals surface area contributed by atoms with Crippen LogP contribution in [-0.2, 0) is 6.54 Å². The number of hydrogen-bond acceptors (Lipinski definition) is 4. The molecular weight excluding hydrogens is 236 g/mol. The summed E-state index contributed by atoms with van der Waals surface area (Å²) in [5.74, 6) is 0.646. The fourth-order valence-corrected chi connectivity index (χ4v) is 2.02. The minimum Gasteiger partial charge on any atom is -0.350 e. The molecule has 0 bridgehead atoms. The molecule has 1 N–H and O–H groups in total. The molecule has 0 spiro atoms. The fraction of sp³-hybridized carbons (Fsp3) is 0.133. The third kappa shape index (κ3) is 2.52. The van der Waals surface area contributed by atoms with E-state index in [1.54, 1.807) is 6.20 Å². The van der Waals surface area contributed by atoms with Crippen LogP contribution in [0.5, 0.6) is 0 Å². The van der Waals surface area contributed by atoms with Crippen LogP contribution in [0, 0.1) is 6.92 Å². The van der Waals surface area contributed by atoms with Gasteiger partial charge in [0.05, 0.1) is 5.52 Å². The van der Waals surface area contributed by atoms with Gasteiger partial charge in [-0.1, -0.05) is 24.3 Å². The van der Waals surface area contributed by atoms with Crippen molar-refractivity contribution < 1.29 is 0 Å². The lowest BCUT2D eigenvalue weighted by atomic mass is 10.1. The van der Waals surface area contributed by atoms with Gasteiger partial charge >= 0.3 is 0 Å². The lowest BCUT2D eigenvalue weighted by Crippen LogP contribution is -2.04. The molecule has 4 heteroatoms. The predicted octanol–water partition coefficient (Wildman–Crippen LogP) is 2.95. The average molecular weight is 250 g/mol. The maximum Gasteiger partial charge on any atom is 0.223 e. The van der Waals surface area contributed by atoms with E-state index in [0.717, 1.165) is 22.2 Å². The fourth-order valence-electron chi connectivity index (χ4n) is 2.02. The van der Waals surface area contributed by atoms with Gasteiger partial charge in [0.2, 0.25) is 5.95 Å². The topological polar surface area (TPSA) is 50.7 Å². The Kier molecular flexibility index (Phi) is 3.06. The number of anilines is 1. The summed E-state index contributed by atoms with van der Waals surface area (Å²) < 4.78 is 0. The first-order valence-corrected chi connectivity index (χ1v) is 6.19. The lowest BCUT2D eigenvalue weighted by molar-refractivity contribution is 1.03. The summed E-state index contributed by atoms with van der Waals surface area (Å²) in [7, 11) is 0. The first-order chi connectivity index (χ1) is 9.33. The molecular formula is C15H14N4. The molecule has 19 heavy (non-hydrogen) atoms. The highest BCUT2D eigenvalue weighted by molar-refractivity contribution is 5.81. The lowest BCUT2D eigenvalue weighted by Gasteiger charge is -2.07. The predicted molar refractivity (Wildman–Crippen MR) is 75.8 cm³/mol. The molecule has 2 aromatic heterocycles. The molecule has 94 valence electrons. The second kappa shape index (κ2) is 5.02.